The zero-order chi connectivity index (χ0) is 22.3. The predicted molar refractivity (Wildman–Crippen MR) is 118 cm³/mol. The zero-order valence-corrected chi connectivity index (χ0v) is 19.0. The summed E-state index contributed by atoms with van der Waals surface area (Å²) in [6.45, 7) is 9.27. The van der Waals surface area contributed by atoms with Crippen molar-refractivity contribution in [3.8, 4) is 0 Å². The molecule has 0 saturated carbocycles. The molecule has 0 N–H and O–H groups in total. The van der Waals surface area contributed by atoms with Gasteiger partial charge in [-0.25, -0.2) is 9.59 Å². The van der Waals surface area contributed by atoms with E-state index in [1.807, 2.05) is 51.1 Å². The lowest BCUT2D eigenvalue weighted by atomic mass is 9.98. The maximum Gasteiger partial charge on any atom is 0.410 e. The number of nitrogens with zero attached hydrogens (tertiary/aromatic N) is 2. The molecular weight excluding hydrogens is 396 g/mol. The molecule has 7 nitrogen and oxygen atoms in total. The van der Waals surface area contributed by atoms with E-state index in [2.05, 4.69) is 0 Å². The van der Waals surface area contributed by atoms with Gasteiger partial charge in [-0.15, -0.1) is 0 Å². The van der Waals surface area contributed by atoms with E-state index in [-0.39, 0.29) is 18.2 Å². The standard InChI is InChI=1S/C24H36N2O5/c1-24(2,3)31-23(28)26-13-7-10-21(26)18-29-16-20-11-14-25(15-12-20)22(27)30-17-19-8-5-4-6-9-19/h4-6,8-9,20-21H,7,10-18H2,1-3H3/t21-/m0/s1. The quantitative estimate of drug-likeness (QED) is 0.664. The van der Waals surface area contributed by atoms with Gasteiger partial charge in [0.25, 0.3) is 0 Å². The molecule has 3 rings (SSSR count). The average Bonchev–Trinajstić information content (AvgIpc) is 3.21. The van der Waals surface area contributed by atoms with Crippen LogP contribution in [0.1, 0.15) is 52.0 Å². The lowest BCUT2D eigenvalue weighted by Crippen LogP contribution is -2.42. The molecule has 0 spiro atoms. The van der Waals surface area contributed by atoms with Crippen LogP contribution < -0.4 is 0 Å². The number of amides is 2. The van der Waals surface area contributed by atoms with Gasteiger partial charge in [0.1, 0.15) is 12.2 Å². The zero-order valence-electron chi connectivity index (χ0n) is 19.0. The first-order valence-electron chi connectivity index (χ1n) is 11.3. The molecule has 0 aromatic heterocycles. The smallest absolute Gasteiger partial charge is 0.410 e. The van der Waals surface area contributed by atoms with E-state index in [4.69, 9.17) is 14.2 Å². The van der Waals surface area contributed by atoms with E-state index >= 15 is 0 Å². The Morgan fingerprint density at radius 3 is 2.35 bits per heavy atom. The fourth-order valence-electron chi connectivity index (χ4n) is 4.03. The van der Waals surface area contributed by atoms with E-state index in [0.29, 0.717) is 38.8 Å². The summed E-state index contributed by atoms with van der Waals surface area (Å²) >= 11 is 0. The molecule has 2 amide bonds. The van der Waals surface area contributed by atoms with Crippen LogP contribution in [0, 0.1) is 5.92 Å². The van der Waals surface area contributed by atoms with Gasteiger partial charge in [0.15, 0.2) is 0 Å². The Bertz CT molecular complexity index is 710. The predicted octanol–water partition coefficient (Wildman–Crippen LogP) is 4.45. The van der Waals surface area contributed by atoms with E-state index in [9.17, 15) is 9.59 Å². The topological polar surface area (TPSA) is 68.3 Å². The number of carbonyl (C=O) groups is 2. The number of hydrogen-bond acceptors (Lipinski definition) is 5. The average molecular weight is 433 g/mol. The van der Waals surface area contributed by atoms with Crippen molar-refractivity contribution in [3.63, 3.8) is 0 Å². The summed E-state index contributed by atoms with van der Waals surface area (Å²) in [6, 6.07) is 9.80. The van der Waals surface area contributed by atoms with Gasteiger partial charge < -0.3 is 24.0 Å². The first-order chi connectivity index (χ1) is 14.8. The summed E-state index contributed by atoms with van der Waals surface area (Å²) in [4.78, 5) is 28.2. The Labute approximate surface area is 185 Å². The number of ether oxygens (including phenoxy) is 3. The summed E-state index contributed by atoms with van der Waals surface area (Å²) in [5, 5.41) is 0. The molecule has 0 bridgehead atoms. The van der Waals surface area contributed by atoms with Crippen LogP contribution in [0.25, 0.3) is 0 Å². The van der Waals surface area contributed by atoms with Crippen molar-refractivity contribution < 1.29 is 23.8 Å². The van der Waals surface area contributed by atoms with Gasteiger partial charge >= 0.3 is 12.2 Å². The largest absolute Gasteiger partial charge is 0.445 e. The van der Waals surface area contributed by atoms with Crippen LogP contribution in [0.5, 0.6) is 0 Å². The van der Waals surface area contributed by atoms with E-state index in [1.165, 1.54) is 0 Å². The second kappa shape index (κ2) is 10.8. The number of benzene rings is 1. The van der Waals surface area contributed by atoms with Gasteiger partial charge in [0, 0.05) is 26.2 Å². The highest BCUT2D eigenvalue weighted by atomic mass is 16.6. The van der Waals surface area contributed by atoms with Crippen molar-refractivity contribution in [2.45, 2.75) is 64.7 Å². The van der Waals surface area contributed by atoms with Gasteiger partial charge in [-0.2, -0.15) is 0 Å². The molecule has 1 aromatic rings. The molecule has 7 heteroatoms. The van der Waals surface area contributed by atoms with E-state index in [0.717, 1.165) is 37.8 Å². The summed E-state index contributed by atoms with van der Waals surface area (Å²) in [5.41, 5.74) is 0.507. The molecule has 1 aromatic carbocycles. The molecule has 0 unspecified atom stereocenters. The third kappa shape index (κ3) is 7.42. The molecule has 0 aliphatic carbocycles. The first kappa shape index (κ1) is 23.4. The fraction of sp³-hybridized carbons (Fsp3) is 0.667. The van der Waals surface area contributed by atoms with Crippen LogP contribution in [-0.2, 0) is 20.8 Å². The number of likely N-dealkylation sites (tertiary alicyclic amines) is 2. The fourth-order valence-corrected chi connectivity index (χ4v) is 4.03. The van der Waals surface area contributed by atoms with Crippen molar-refractivity contribution in [2.75, 3.05) is 32.8 Å². The Morgan fingerprint density at radius 1 is 0.968 bits per heavy atom. The van der Waals surface area contributed by atoms with Gasteiger partial charge in [0.05, 0.1) is 12.6 Å². The minimum Gasteiger partial charge on any atom is -0.445 e. The minimum absolute atomic E-state index is 0.0860. The second-order valence-corrected chi connectivity index (χ2v) is 9.48. The Balaban J connectivity index is 1.33. The normalized spacial score (nSPS) is 20.0. The molecule has 2 aliphatic heterocycles. The van der Waals surface area contributed by atoms with Crippen LogP contribution in [0.2, 0.25) is 0 Å². The number of piperidine rings is 1. The summed E-state index contributed by atoms with van der Waals surface area (Å²) < 4.78 is 16.9. The maximum atomic E-state index is 12.4. The van der Waals surface area contributed by atoms with Crippen molar-refractivity contribution in [2.24, 2.45) is 5.92 Å². The Kier molecular flexibility index (Phi) is 8.18. The lowest BCUT2D eigenvalue weighted by Gasteiger charge is -2.32. The molecule has 2 heterocycles. The lowest BCUT2D eigenvalue weighted by molar-refractivity contribution is 0.00354. The Hall–Kier alpha value is -2.28. The highest BCUT2D eigenvalue weighted by Gasteiger charge is 2.32. The molecule has 0 radical (unpaired) electrons. The van der Waals surface area contributed by atoms with Gasteiger partial charge in [0.2, 0.25) is 0 Å². The summed E-state index contributed by atoms with van der Waals surface area (Å²) in [7, 11) is 0. The van der Waals surface area contributed by atoms with Gasteiger partial charge in [-0.1, -0.05) is 30.3 Å². The highest BCUT2D eigenvalue weighted by Crippen LogP contribution is 2.23. The second-order valence-electron chi connectivity index (χ2n) is 9.48. The van der Waals surface area contributed by atoms with Crippen molar-refractivity contribution in [1.82, 2.24) is 9.80 Å². The van der Waals surface area contributed by atoms with Gasteiger partial charge in [-0.05, 0) is 57.9 Å². The summed E-state index contributed by atoms with van der Waals surface area (Å²) in [6.07, 6.45) is 3.24. The van der Waals surface area contributed by atoms with Crippen molar-refractivity contribution >= 4 is 12.2 Å². The molecule has 2 saturated heterocycles. The van der Waals surface area contributed by atoms with Crippen LogP contribution in [-0.4, -0.2) is 66.5 Å². The third-order valence-electron chi connectivity index (χ3n) is 5.75. The monoisotopic (exact) mass is 432 g/mol. The van der Waals surface area contributed by atoms with E-state index < -0.39 is 5.60 Å². The molecule has 1 atom stereocenters. The van der Waals surface area contributed by atoms with Crippen LogP contribution in [0.4, 0.5) is 9.59 Å². The first-order valence-corrected chi connectivity index (χ1v) is 11.3. The highest BCUT2D eigenvalue weighted by molar-refractivity contribution is 5.69. The number of rotatable bonds is 6. The maximum absolute atomic E-state index is 12.4. The SMILES string of the molecule is CC(C)(C)OC(=O)N1CCC[C@H]1COCC1CCN(C(=O)OCc2ccccc2)CC1. The third-order valence-corrected chi connectivity index (χ3v) is 5.75. The van der Waals surface area contributed by atoms with Crippen LogP contribution in [0.15, 0.2) is 30.3 Å². The molecule has 172 valence electrons. The molecule has 2 fully saturated rings. The van der Waals surface area contributed by atoms with Gasteiger partial charge in [-0.3, -0.25) is 0 Å². The van der Waals surface area contributed by atoms with E-state index in [1.54, 1.807) is 9.80 Å². The minimum atomic E-state index is -0.485. The van der Waals surface area contributed by atoms with Crippen molar-refractivity contribution in [1.29, 1.82) is 0 Å². The molecule has 2 aliphatic rings. The van der Waals surface area contributed by atoms with Crippen molar-refractivity contribution in [3.05, 3.63) is 35.9 Å². The van der Waals surface area contributed by atoms with Crippen LogP contribution >= 0.6 is 0 Å². The molecule has 31 heavy (non-hydrogen) atoms. The number of carbonyl (C=O) groups excluding carboxylic acids is 2. The van der Waals surface area contributed by atoms with Crippen LogP contribution in [0.3, 0.4) is 0 Å². The summed E-state index contributed by atoms with van der Waals surface area (Å²) in [5.74, 6) is 0.426. The molecular formula is C24H36N2O5. The Morgan fingerprint density at radius 2 is 1.68 bits per heavy atom. The number of hydrogen-bond donors (Lipinski definition) is 0.